The lowest BCUT2D eigenvalue weighted by atomic mass is 10.1. The maximum absolute atomic E-state index is 14.5. The fourth-order valence-corrected chi connectivity index (χ4v) is 5.61. The van der Waals surface area contributed by atoms with E-state index in [1.807, 2.05) is 0 Å². The highest BCUT2D eigenvalue weighted by molar-refractivity contribution is 7.92. The molecule has 11 heteroatoms. The molecule has 0 spiro atoms. The highest BCUT2D eigenvalue weighted by Gasteiger charge is 2.34. The van der Waals surface area contributed by atoms with Gasteiger partial charge >= 0.3 is 0 Å². The highest BCUT2D eigenvalue weighted by atomic mass is 35.5. The van der Waals surface area contributed by atoms with Crippen molar-refractivity contribution in [3.63, 3.8) is 0 Å². The summed E-state index contributed by atoms with van der Waals surface area (Å²) in [6.45, 7) is 4.05. The van der Waals surface area contributed by atoms with Gasteiger partial charge in [-0.1, -0.05) is 65.7 Å². The summed E-state index contributed by atoms with van der Waals surface area (Å²) in [5.41, 5.74) is 0.157. The molecule has 38 heavy (non-hydrogen) atoms. The Morgan fingerprint density at radius 1 is 0.921 bits per heavy atom. The quantitative estimate of drug-likeness (QED) is 0.354. The standard InChI is InChI=1S/C27H28Cl2FN3O4S/c1-18(2)31-27(35)19(3)32(16-20-10-7-8-14-23(20)30)25(34)17-33(24-15-9-13-22(28)26(24)29)38(36,37)21-11-5-4-6-12-21/h4-15,18-19H,16-17H2,1-3H3,(H,31,35)/t19-/m1/s1. The summed E-state index contributed by atoms with van der Waals surface area (Å²) in [5, 5.41) is 2.77. The van der Waals surface area contributed by atoms with Crippen LogP contribution in [0.25, 0.3) is 0 Å². The zero-order valence-electron chi connectivity index (χ0n) is 21.1. The molecule has 3 aromatic carbocycles. The van der Waals surface area contributed by atoms with Crippen LogP contribution in [-0.4, -0.2) is 43.8 Å². The molecule has 0 bridgehead atoms. The Labute approximate surface area is 232 Å². The van der Waals surface area contributed by atoms with Gasteiger partial charge in [-0.15, -0.1) is 0 Å². The first kappa shape index (κ1) is 29.4. The Morgan fingerprint density at radius 2 is 1.55 bits per heavy atom. The number of hydrogen-bond acceptors (Lipinski definition) is 4. The molecule has 0 radical (unpaired) electrons. The van der Waals surface area contributed by atoms with Crippen molar-refractivity contribution in [3.05, 3.63) is 94.2 Å². The number of carbonyl (C=O) groups is 2. The van der Waals surface area contributed by atoms with Crippen LogP contribution in [0.1, 0.15) is 26.3 Å². The van der Waals surface area contributed by atoms with Crippen LogP contribution in [0.2, 0.25) is 10.0 Å². The summed E-state index contributed by atoms with van der Waals surface area (Å²) in [5.74, 6) is -1.77. The summed E-state index contributed by atoms with van der Waals surface area (Å²) in [7, 11) is -4.30. The average Bonchev–Trinajstić information content (AvgIpc) is 2.88. The lowest BCUT2D eigenvalue weighted by Gasteiger charge is -2.32. The van der Waals surface area contributed by atoms with Gasteiger partial charge in [0.05, 0.1) is 20.6 Å². The van der Waals surface area contributed by atoms with Crippen molar-refractivity contribution < 1.29 is 22.4 Å². The van der Waals surface area contributed by atoms with E-state index in [0.29, 0.717) is 0 Å². The lowest BCUT2D eigenvalue weighted by Crippen LogP contribution is -2.52. The molecule has 3 rings (SSSR count). The van der Waals surface area contributed by atoms with Gasteiger partial charge in [0.2, 0.25) is 11.8 Å². The number of rotatable bonds is 10. The predicted octanol–water partition coefficient (Wildman–Crippen LogP) is 5.27. The normalized spacial score (nSPS) is 12.2. The molecule has 2 amide bonds. The van der Waals surface area contributed by atoms with Crippen LogP contribution in [0.4, 0.5) is 10.1 Å². The number of carbonyl (C=O) groups excluding carboxylic acids is 2. The van der Waals surface area contributed by atoms with E-state index in [4.69, 9.17) is 23.2 Å². The molecule has 0 aliphatic rings. The minimum absolute atomic E-state index is 0.0125. The molecule has 0 saturated carbocycles. The summed E-state index contributed by atoms with van der Waals surface area (Å²) in [6.07, 6.45) is 0. The second-order valence-corrected chi connectivity index (χ2v) is 11.5. The first-order chi connectivity index (χ1) is 17.9. The van der Waals surface area contributed by atoms with Crippen LogP contribution < -0.4 is 9.62 Å². The zero-order chi connectivity index (χ0) is 28.0. The molecule has 0 aliphatic carbocycles. The molecule has 7 nitrogen and oxygen atoms in total. The molecular formula is C27H28Cl2FN3O4S. The summed E-state index contributed by atoms with van der Waals surface area (Å²) in [4.78, 5) is 27.7. The average molecular weight is 581 g/mol. The van der Waals surface area contributed by atoms with Gasteiger partial charge in [0, 0.05) is 18.2 Å². The first-order valence-corrected chi connectivity index (χ1v) is 14.0. The topological polar surface area (TPSA) is 86.8 Å². The van der Waals surface area contributed by atoms with E-state index >= 15 is 0 Å². The lowest BCUT2D eigenvalue weighted by molar-refractivity contribution is -0.139. The third kappa shape index (κ3) is 6.83. The third-order valence-electron chi connectivity index (χ3n) is 5.71. The number of amides is 2. The van der Waals surface area contributed by atoms with Crippen LogP contribution in [0.5, 0.6) is 0 Å². The van der Waals surface area contributed by atoms with E-state index in [1.165, 1.54) is 55.5 Å². The molecule has 0 aromatic heterocycles. The van der Waals surface area contributed by atoms with Gasteiger partial charge in [0.1, 0.15) is 18.4 Å². The Kier molecular flexibility index (Phi) is 9.76. The molecule has 3 aromatic rings. The minimum atomic E-state index is -4.30. The Hall–Kier alpha value is -3.14. The number of benzene rings is 3. The Bertz CT molecular complexity index is 1400. The van der Waals surface area contributed by atoms with Gasteiger partial charge in [-0.2, -0.15) is 0 Å². The van der Waals surface area contributed by atoms with Gasteiger partial charge in [0.15, 0.2) is 0 Å². The van der Waals surface area contributed by atoms with E-state index in [0.717, 1.165) is 9.21 Å². The number of nitrogens with one attached hydrogen (secondary N) is 1. The van der Waals surface area contributed by atoms with Crippen molar-refractivity contribution in [1.82, 2.24) is 10.2 Å². The van der Waals surface area contributed by atoms with Crippen LogP contribution in [-0.2, 0) is 26.2 Å². The maximum Gasteiger partial charge on any atom is 0.264 e. The first-order valence-electron chi connectivity index (χ1n) is 11.8. The van der Waals surface area contributed by atoms with Crippen LogP contribution in [0, 0.1) is 5.82 Å². The minimum Gasteiger partial charge on any atom is -0.352 e. The summed E-state index contributed by atoms with van der Waals surface area (Å²) >= 11 is 12.6. The monoisotopic (exact) mass is 579 g/mol. The SMILES string of the molecule is CC(C)NC(=O)[C@@H](C)N(Cc1ccccc1F)C(=O)CN(c1cccc(Cl)c1Cl)S(=O)(=O)c1ccccc1. The van der Waals surface area contributed by atoms with E-state index in [1.54, 1.807) is 38.1 Å². The molecule has 0 aliphatic heterocycles. The highest BCUT2D eigenvalue weighted by Crippen LogP contribution is 2.35. The molecule has 202 valence electrons. The molecule has 0 fully saturated rings. The van der Waals surface area contributed by atoms with Crippen LogP contribution >= 0.6 is 23.2 Å². The van der Waals surface area contributed by atoms with Gasteiger partial charge in [-0.25, -0.2) is 12.8 Å². The fourth-order valence-electron chi connectivity index (χ4n) is 3.72. The smallest absolute Gasteiger partial charge is 0.264 e. The number of halogens is 3. The van der Waals surface area contributed by atoms with E-state index in [9.17, 15) is 22.4 Å². The van der Waals surface area contributed by atoms with Crippen molar-refractivity contribution in [2.24, 2.45) is 0 Å². The number of nitrogens with zero attached hydrogens (tertiary/aromatic N) is 2. The number of sulfonamides is 1. The number of hydrogen-bond donors (Lipinski definition) is 1. The third-order valence-corrected chi connectivity index (χ3v) is 8.29. The Morgan fingerprint density at radius 3 is 2.18 bits per heavy atom. The van der Waals surface area contributed by atoms with Gasteiger partial charge in [0.25, 0.3) is 10.0 Å². The largest absolute Gasteiger partial charge is 0.352 e. The summed E-state index contributed by atoms with van der Waals surface area (Å²) in [6, 6.07) is 16.6. The molecule has 0 heterocycles. The second kappa shape index (κ2) is 12.6. The fraction of sp³-hybridized carbons (Fsp3) is 0.259. The van der Waals surface area contributed by atoms with E-state index in [2.05, 4.69) is 5.32 Å². The second-order valence-electron chi connectivity index (χ2n) is 8.85. The van der Waals surface area contributed by atoms with Crippen molar-refractivity contribution in [2.45, 2.75) is 44.3 Å². The van der Waals surface area contributed by atoms with Crippen molar-refractivity contribution >= 4 is 50.7 Å². The van der Waals surface area contributed by atoms with Gasteiger partial charge in [-0.05, 0) is 51.1 Å². The number of anilines is 1. The van der Waals surface area contributed by atoms with Crippen molar-refractivity contribution in [1.29, 1.82) is 0 Å². The molecule has 1 N–H and O–H groups in total. The van der Waals surface area contributed by atoms with E-state index < -0.39 is 40.2 Å². The zero-order valence-corrected chi connectivity index (χ0v) is 23.4. The van der Waals surface area contributed by atoms with Crippen molar-refractivity contribution in [2.75, 3.05) is 10.8 Å². The molecular weight excluding hydrogens is 552 g/mol. The maximum atomic E-state index is 14.5. The molecule has 0 saturated heterocycles. The Balaban J connectivity index is 2.08. The van der Waals surface area contributed by atoms with Crippen LogP contribution in [0.3, 0.4) is 0 Å². The van der Waals surface area contributed by atoms with Gasteiger partial charge in [-0.3, -0.25) is 13.9 Å². The predicted molar refractivity (Wildman–Crippen MR) is 147 cm³/mol. The van der Waals surface area contributed by atoms with Crippen LogP contribution in [0.15, 0.2) is 77.7 Å². The summed E-state index contributed by atoms with van der Waals surface area (Å²) < 4.78 is 42.9. The molecule has 1 atom stereocenters. The van der Waals surface area contributed by atoms with Gasteiger partial charge < -0.3 is 10.2 Å². The van der Waals surface area contributed by atoms with E-state index in [-0.39, 0.29) is 38.8 Å². The molecule has 0 unspecified atom stereocenters. The van der Waals surface area contributed by atoms with Crippen molar-refractivity contribution in [3.8, 4) is 0 Å².